The van der Waals surface area contributed by atoms with Crippen LogP contribution in [-0.2, 0) is 14.3 Å². The third-order valence-corrected chi connectivity index (χ3v) is 4.02. The number of fused-ring (bicyclic) bond motifs is 1. The summed E-state index contributed by atoms with van der Waals surface area (Å²) in [6.45, 7) is 1.46. The Bertz CT molecular complexity index is 923. The Labute approximate surface area is 151 Å². The molecular formula is C21H19NO4. The van der Waals surface area contributed by atoms with E-state index in [1.807, 2.05) is 36.4 Å². The molecule has 26 heavy (non-hydrogen) atoms. The minimum atomic E-state index is -1.42. The number of hydrogen-bond donors (Lipinski definition) is 2. The van der Waals surface area contributed by atoms with Crippen LogP contribution in [0.25, 0.3) is 10.8 Å². The molecule has 0 heterocycles. The number of carbonyl (C=O) groups is 2. The second kappa shape index (κ2) is 7.80. The lowest BCUT2D eigenvalue weighted by Gasteiger charge is -2.16. The number of esters is 1. The molecule has 1 amide bonds. The second-order valence-corrected chi connectivity index (χ2v) is 5.94. The van der Waals surface area contributed by atoms with Crippen LogP contribution < -0.4 is 5.32 Å². The Hall–Kier alpha value is -3.18. The lowest BCUT2D eigenvalue weighted by molar-refractivity contribution is -0.162. The standard InChI is InChI=1S/C21H19NO4/c1-14(26-21(25)19(23)16-8-3-2-4-9-16)20(24)22-18-12-11-15-7-5-6-10-17(15)13-18/h2-14,19,23H,1H3,(H,22,24)/t14-,19+/m0/s1. The smallest absolute Gasteiger partial charge is 0.340 e. The van der Waals surface area contributed by atoms with E-state index in [0.29, 0.717) is 11.3 Å². The molecule has 0 radical (unpaired) electrons. The van der Waals surface area contributed by atoms with Crippen LogP contribution in [0, 0.1) is 0 Å². The number of benzene rings is 3. The van der Waals surface area contributed by atoms with Crippen molar-refractivity contribution in [3.8, 4) is 0 Å². The first-order valence-electron chi connectivity index (χ1n) is 8.28. The minimum absolute atomic E-state index is 0.416. The zero-order valence-electron chi connectivity index (χ0n) is 14.3. The van der Waals surface area contributed by atoms with Gasteiger partial charge in [0.1, 0.15) is 0 Å². The van der Waals surface area contributed by atoms with Crippen molar-refractivity contribution in [2.24, 2.45) is 0 Å². The predicted molar refractivity (Wildman–Crippen MR) is 99.5 cm³/mol. The summed E-state index contributed by atoms with van der Waals surface area (Å²) in [5.74, 6) is -1.33. The van der Waals surface area contributed by atoms with Crippen molar-refractivity contribution in [3.63, 3.8) is 0 Å². The summed E-state index contributed by atoms with van der Waals surface area (Å²) in [7, 11) is 0. The van der Waals surface area contributed by atoms with Gasteiger partial charge in [0, 0.05) is 5.69 Å². The maximum absolute atomic E-state index is 12.3. The van der Waals surface area contributed by atoms with E-state index in [1.165, 1.54) is 6.92 Å². The minimum Gasteiger partial charge on any atom is -0.450 e. The lowest BCUT2D eigenvalue weighted by atomic mass is 10.1. The number of aliphatic hydroxyl groups is 1. The molecule has 0 aliphatic carbocycles. The van der Waals surface area contributed by atoms with E-state index in [0.717, 1.165) is 10.8 Å². The molecule has 0 saturated carbocycles. The Morgan fingerprint density at radius 2 is 1.58 bits per heavy atom. The van der Waals surface area contributed by atoms with Crippen molar-refractivity contribution in [2.75, 3.05) is 5.32 Å². The van der Waals surface area contributed by atoms with Gasteiger partial charge >= 0.3 is 5.97 Å². The van der Waals surface area contributed by atoms with E-state index >= 15 is 0 Å². The average Bonchev–Trinajstić information content (AvgIpc) is 2.67. The third-order valence-electron chi connectivity index (χ3n) is 4.02. The van der Waals surface area contributed by atoms with Crippen molar-refractivity contribution < 1.29 is 19.4 Å². The van der Waals surface area contributed by atoms with Crippen molar-refractivity contribution in [1.82, 2.24) is 0 Å². The number of anilines is 1. The summed E-state index contributed by atoms with van der Waals surface area (Å²) in [6.07, 6.45) is -2.46. The number of rotatable bonds is 5. The number of amides is 1. The molecule has 0 unspecified atom stereocenters. The maximum atomic E-state index is 12.3. The Morgan fingerprint density at radius 3 is 2.31 bits per heavy atom. The molecule has 2 N–H and O–H groups in total. The van der Waals surface area contributed by atoms with Gasteiger partial charge in [0.15, 0.2) is 12.2 Å². The largest absolute Gasteiger partial charge is 0.450 e. The molecular weight excluding hydrogens is 330 g/mol. The summed E-state index contributed by atoms with van der Waals surface area (Å²) < 4.78 is 5.09. The highest BCUT2D eigenvalue weighted by atomic mass is 16.6. The van der Waals surface area contributed by atoms with E-state index in [2.05, 4.69) is 5.32 Å². The van der Waals surface area contributed by atoms with E-state index in [-0.39, 0.29) is 0 Å². The fourth-order valence-electron chi connectivity index (χ4n) is 2.57. The summed E-state index contributed by atoms with van der Waals surface area (Å²) in [5.41, 5.74) is 1.03. The van der Waals surface area contributed by atoms with Gasteiger partial charge in [-0.2, -0.15) is 0 Å². The number of ether oxygens (including phenoxy) is 1. The van der Waals surface area contributed by atoms with Crippen LogP contribution in [0.4, 0.5) is 5.69 Å². The van der Waals surface area contributed by atoms with Crippen LogP contribution in [0.1, 0.15) is 18.6 Å². The molecule has 0 fully saturated rings. The molecule has 3 rings (SSSR count). The molecule has 3 aromatic rings. The van der Waals surface area contributed by atoms with E-state index in [9.17, 15) is 14.7 Å². The summed E-state index contributed by atoms with van der Waals surface area (Å²) in [6, 6.07) is 21.8. The quantitative estimate of drug-likeness (QED) is 0.692. The Morgan fingerprint density at radius 1 is 0.923 bits per heavy atom. The number of aliphatic hydroxyl groups excluding tert-OH is 1. The van der Waals surface area contributed by atoms with Gasteiger partial charge in [0.25, 0.3) is 5.91 Å². The monoisotopic (exact) mass is 349 g/mol. The molecule has 0 saturated heterocycles. The van der Waals surface area contributed by atoms with Gasteiger partial charge in [-0.05, 0) is 35.4 Å². The van der Waals surface area contributed by atoms with Crippen LogP contribution in [0.5, 0.6) is 0 Å². The van der Waals surface area contributed by atoms with Crippen LogP contribution in [0.15, 0.2) is 72.8 Å². The molecule has 5 nitrogen and oxygen atoms in total. The highest BCUT2D eigenvalue weighted by Gasteiger charge is 2.24. The molecule has 2 atom stereocenters. The van der Waals surface area contributed by atoms with Gasteiger partial charge in [-0.1, -0.05) is 60.7 Å². The highest BCUT2D eigenvalue weighted by molar-refractivity contribution is 5.97. The van der Waals surface area contributed by atoms with Crippen molar-refractivity contribution in [1.29, 1.82) is 0 Å². The first kappa shape index (κ1) is 17.6. The molecule has 0 aromatic heterocycles. The van der Waals surface area contributed by atoms with Gasteiger partial charge in [-0.3, -0.25) is 4.79 Å². The normalized spacial score (nSPS) is 13.0. The van der Waals surface area contributed by atoms with Crippen LogP contribution in [-0.4, -0.2) is 23.1 Å². The van der Waals surface area contributed by atoms with Gasteiger partial charge < -0.3 is 15.2 Å². The summed E-state index contributed by atoms with van der Waals surface area (Å²) in [5, 5.41) is 14.8. The molecule has 3 aromatic carbocycles. The van der Waals surface area contributed by atoms with E-state index in [4.69, 9.17) is 4.74 Å². The SMILES string of the molecule is C[C@H](OC(=O)[C@H](O)c1ccccc1)C(=O)Nc1ccc2ccccc2c1. The number of hydrogen-bond acceptors (Lipinski definition) is 4. The molecule has 0 aliphatic heterocycles. The van der Waals surface area contributed by atoms with Gasteiger partial charge in [-0.25, -0.2) is 4.79 Å². The number of nitrogens with one attached hydrogen (secondary N) is 1. The van der Waals surface area contributed by atoms with E-state index in [1.54, 1.807) is 36.4 Å². The Balaban J connectivity index is 1.62. The van der Waals surface area contributed by atoms with Gasteiger partial charge in [0.05, 0.1) is 0 Å². The van der Waals surface area contributed by atoms with Crippen molar-refractivity contribution in [3.05, 3.63) is 78.4 Å². The molecule has 0 bridgehead atoms. The maximum Gasteiger partial charge on any atom is 0.340 e. The zero-order valence-corrected chi connectivity index (χ0v) is 14.3. The first-order valence-corrected chi connectivity index (χ1v) is 8.28. The second-order valence-electron chi connectivity index (χ2n) is 5.94. The Kier molecular flexibility index (Phi) is 5.29. The predicted octanol–water partition coefficient (Wildman–Crippen LogP) is 3.44. The van der Waals surface area contributed by atoms with Crippen LogP contribution in [0.3, 0.4) is 0 Å². The fourth-order valence-corrected chi connectivity index (χ4v) is 2.57. The van der Waals surface area contributed by atoms with Crippen LogP contribution >= 0.6 is 0 Å². The fraction of sp³-hybridized carbons (Fsp3) is 0.143. The zero-order chi connectivity index (χ0) is 18.5. The van der Waals surface area contributed by atoms with Crippen molar-refractivity contribution >= 4 is 28.3 Å². The highest BCUT2D eigenvalue weighted by Crippen LogP contribution is 2.19. The van der Waals surface area contributed by atoms with Gasteiger partial charge in [-0.15, -0.1) is 0 Å². The average molecular weight is 349 g/mol. The van der Waals surface area contributed by atoms with E-state index < -0.39 is 24.1 Å². The number of carbonyl (C=O) groups excluding carboxylic acids is 2. The third kappa shape index (κ3) is 4.07. The lowest BCUT2D eigenvalue weighted by Crippen LogP contribution is -2.31. The molecule has 0 spiro atoms. The topological polar surface area (TPSA) is 75.6 Å². The van der Waals surface area contributed by atoms with Gasteiger partial charge in [0.2, 0.25) is 0 Å². The molecule has 0 aliphatic rings. The van der Waals surface area contributed by atoms with Crippen molar-refractivity contribution in [2.45, 2.75) is 19.1 Å². The molecule has 132 valence electrons. The van der Waals surface area contributed by atoms with Crippen LogP contribution in [0.2, 0.25) is 0 Å². The summed E-state index contributed by atoms with van der Waals surface area (Å²) >= 11 is 0. The molecule has 5 heteroatoms. The summed E-state index contributed by atoms with van der Waals surface area (Å²) in [4.78, 5) is 24.3. The first-order chi connectivity index (χ1) is 12.5.